The van der Waals surface area contributed by atoms with Gasteiger partial charge in [-0.15, -0.1) is 0 Å². The summed E-state index contributed by atoms with van der Waals surface area (Å²) in [5, 5.41) is 5.94. The molecule has 2 N–H and O–H groups in total. The Kier molecular flexibility index (Phi) is 6.04. The van der Waals surface area contributed by atoms with E-state index in [1.807, 2.05) is 24.3 Å². The van der Waals surface area contributed by atoms with Gasteiger partial charge in [0.15, 0.2) is 0 Å². The zero-order chi connectivity index (χ0) is 17.6. The minimum absolute atomic E-state index is 0.0202. The summed E-state index contributed by atoms with van der Waals surface area (Å²) in [4.78, 5) is 26.6. The molecule has 25 heavy (non-hydrogen) atoms. The van der Waals surface area contributed by atoms with Gasteiger partial charge in [0, 0.05) is 43.7 Å². The molecule has 0 radical (unpaired) electrons. The summed E-state index contributed by atoms with van der Waals surface area (Å²) in [5.74, 6) is -0.0859. The largest absolute Gasteiger partial charge is 0.379 e. The monoisotopic (exact) mass is 345 g/mol. The van der Waals surface area contributed by atoms with Crippen LogP contribution in [-0.4, -0.2) is 55.6 Å². The van der Waals surface area contributed by atoms with Crippen LogP contribution in [0.3, 0.4) is 0 Å². The van der Waals surface area contributed by atoms with Gasteiger partial charge in [0.2, 0.25) is 11.8 Å². The molecule has 136 valence electrons. The summed E-state index contributed by atoms with van der Waals surface area (Å²) in [7, 11) is 0. The van der Waals surface area contributed by atoms with Gasteiger partial charge >= 0.3 is 0 Å². The van der Waals surface area contributed by atoms with E-state index in [1.165, 1.54) is 0 Å². The number of anilines is 1. The molecule has 2 atom stereocenters. The predicted octanol–water partition coefficient (Wildman–Crippen LogP) is 1.41. The second kappa shape index (κ2) is 8.45. The van der Waals surface area contributed by atoms with E-state index in [-0.39, 0.29) is 17.7 Å². The molecule has 2 unspecified atom stereocenters. The van der Waals surface area contributed by atoms with Crippen molar-refractivity contribution in [2.45, 2.75) is 32.2 Å². The Hall–Kier alpha value is -1.92. The lowest BCUT2D eigenvalue weighted by atomic mass is 9.89. The molecular formula is C19H27N3O3. The fourth-order valence-electron chi connectivity index (χ4n) is 3.45. The van der Waals surface area contributed by atoms with Crippen LogP contribution in [0.1, 0.15) is 25.3 Å². The third-order valence-electron chi connectivity index (χ3n) is 5.10. The van der Waals surface area contributed by atoms with E-state index >= 15 is 0 Å². The zero-order valence-corrected chi connectivity index (χ0v) is 14.8. The van der Waals surface area contributed by atoms with E-state index in [1.54, 1.807) is 0 Å². The molecule has 0 aliphatic carbocycles. The molecular weight excluding hydrogens is 318 g/mol. The van der Waals surface area contributed by atoms with Crippen molar-refractivity contribution in [1.82, 2.24) is 10.2 Å². The van der Waals surface area contributed by atoms with Crippen LogP contribution in [0, 0.1) is 5.92 Å². The SMILES string of the molecule is CC(CNC(=O)CCC1Cc2ccccc2NC1=O)N1CCOCC1. The Morgan fingerprint density at radius 1 is 1.36 bits per heavy atom. The number of nitrogens with zero attached hydrogens (tertiary/aromatic N) is 1. The number of nitrogens with one attached hydrogen (secondary N) is 2. The fraction of sp³-hybridized carbons (Fsp3) is 0.579. The molecule has 2 amide bonds. The van der Waals surface area contributed by atoms with Crippen molar-refractivity contribution in [2.24, 2.45) is 5.92 Å². The normalized spacial score (nSPS) is 22.0. The second-order valence-corrected chi connectivity index (χ2v) is 6.89. The molecule has 6 nitrogen and oxygen atoms in total. The summed E-state index contributed by atoms with van der Waals surface area (Å²) >= 11 is 0. The molecule has 0 spiro atoms. The summed E-state index contributed by atoms with van der Waals surface area (Å²) < 4.78 is 5.35. The highest BCUT2D eigenvalue weighted by Crippen LogP contribution is 2.27. The number of hydrogen-bond donors (Lipinski definition) is 2. The van der Waals surface area contributed by atoms with Crippen LogP contribution in [0.5, 0.6) is 0 Å². The van der Waals surface area contributed by atoms with E-state index in [9.17, 15) is 9.59 Å². The average Bonchev–Trinajstić information content (AvgIpc) is 2.65. The van der Waals surface area contributed by atoms with Gasteiger partial charge in [-0.05, 0) is 31.4 Å². The van der Waals surface area contributed by atoms with Gasteiger partial charge in [0.05, 0.1) is 13.2 Å². The number of morpholine rings is 1. The van der Waals surface area contributed by atoms with Crippen LogP contribution in [-0.2, 0) is 20.7 Å². The molecule has 0 saturated carbocycles. The first-order valence-electron chi connectivity index (χ1n) is 9.11. The van der Waals surface area contributed by atoms with Crippen molar-refractivity contribution in [3.05, 3.63) is 29.8 Å². The second-order valence-electron chi connectivity index (χ2n) is 6.89. The predicted molar refractivity (Wildman–Crippen MR) is 96.4 cm³/mol. The first-order chi connectivity index (χ1) is 12.1. The fourth-order valence-corrected chi connectivity index (χ4v) is 3.45. The lowest BCUT2D eigenvalue weighted by Crippen LogP contribution is -2.47. The van der Waals surface area contributed by atoms with Gasteiger partial charge in [0.1, 0.15) is 0 Å². The number of para-hydroxylation sites is 1. The lowest BCUT2D eigenvalue weighted by Gasteiger charge is -2.32. The molecule has 6 heteroatoms. The maximum absolute atomic E-state index is 12.2. The Bertz CT molecular complexity index is 614. The maximum atomic E-state index is 12.2. The molecule has 0 aromatic heterocycles. The van der Waals surface area contributed by atoms with Crippen molar-refractivity contribution < 1.29 is 14.3 Å². The zero-order valence-electron chi connectivity index (χ0n) is 14.8. The Morgan fingerprint density at radius 3 is 2.92 bits per heavy atom. The van der Waals surface area contributed by atoms with E-state index in [2.05, 4.69) is 22.5 Å². The van der Waals surface area contributed by atoms with Crippen molar-refractivity contribution in [1.29, 1.82) is 0 Å². The average molecular weight is 345 g/mol. The maximum Gasteiger partial charge on any atom is 0.227 e. The Morgan fingerprint density at radius 2 is 2.12 bits per heavy atom. The van der Waals surface area contributed by atoms with Crippen molar-refractivity contribution in [2.75, 3.05) is 38.2 Å². The van der Waals surface area contributed by atoms with Crippen LogP contribution < -0.4 is 10.6 Å². The Labute approximate surface area is 148 Å². The van der Waals surface area contributed by atoms with Gasteiger partial charge in [0.25, 0.3) is 0 Å². The minimum Gasteiger partial charge on any atom is -0.379 e. The smallest absolute Gasteiger partial charge is 0.227 e. The number of hydrogen-bond acceptors (Lipinski definition) is 4. The van der Waals surface area contributed by atoms with Crippen LogP contribution in [0.2, 0.25) is 0 Å². The number of benzene rings is 1. The van der Waals surface area contributed by atoms with Crippen molar-refractivity contribution >= 4 is 17.5 Å². The standard InChI is InChI=1S/C19H27N3O3/c1-14(22-8-10-25-11-9-22)13-20-18(23)7-6-16-12-15-4-2-3-5-17(15)21-19(16)24/h2-5,14,16H,6-13H2,1H3,(H,20,23)(H,21,24). The highest BCUT2D eigenvalue weighted by molar-refractivity contribution is 5.96. The van der Waals surface area contributed by atoms with E-state index < -0.39 is 0 Å². The first-order valence-corrected chi connectivity index (χ1v) is 9.11. The Balaban J connectivity index is 1.41. The molecule has 3 rings (SSSR count). The number of carbonyl (C=O) groups is 2. The van der Waals surface area contributed by atoms with Crippen molar-refractivity contribution in [3.8, 4) is 0 Å². The minimum atomic E-state index is -0.127. The lowest BCUT2D eigenvalue weighted by molar-refractivity contribution is -0.123. The van der Waals surface area contributed by atoms with E-state index in [4.69, 9.17) is 4.74 Å². The van der Waals surface area contributed by atoms with Gasteiger partial charge in [-0.25, -0.2) is 0 Å². The first kappa shape index (κ1) is 17.9. The molecule has 1 fully saturated rings. The summed E-state index contributed by atoms with van der Waals surface area (Å²) in [6.45, 7) is 6.11. The van der Waals surface area contributed by atoms with Gasteiger partial charge in [-0.2, -0.15) is 0 Å². The quantitative estimate of drug-likeness (QED) is 0.818. The third-order valence-corrected chi connectivity index (χ3v) is 5.10. The van der Waals surface area contributed by atoms with Gasteiger partial charge in [-0.1, -0.05) is 18.2 Å². The van der Waals surface area contributed by atoms with Crippen LogP contribution in [0.25, 0.3) is 0 Å². The molecule has 2 heterocycles. The number of ether oxygens (including phenoxy) is 1. The van der Waals surface area contributed by atoms with Gasteiger partial charge in [-0.3, -0.25) is 14.5 Å². The van der Waals surface area contributed by atoms with Crippen molar-refractivity contribution in [3.63, 3.8) is 0 Å². The molecule has 1 aromatic rings. The number of amides is 2. The molecule has 1 aromatic carbocycles. The van der Waals surface area contributed by atoms with Crippen LogP contribution >= 0.6 is 0 Å². The number of fused-ring (bicyclic) bond motifs is 1. The van der Waals surface area contributed by atoms with Crippen LogP contribution in [0.15, 0.2) is 24.3 Å². The summed E-state index contributed by atoms with van der Waals surface area (Å²) in [5.41, 5.74) is 2.04. The molecule has 2 aliphatic rings. The molecule has 1 saturated heterocycles. The number of carbonyl (C=O) groups excluding carboxylic acids is 2. The van der Waals surface area contributed by atoms with Gasteiger partial charge < -0.3 is 15.4 Å². The topological polar surface area (TPSA) is 70.7 Å². The molecule has 0 bridgehead atoms. The summed E-state index contributed by atoms with van der Waals surface area (Å²) in [6.07, 6.45) is 1.67. The third kappa shape index (κ3) is 4.80. The highest BCUT2D eigenvalue weighted by atomic mass is 16.5. The van der Waals surface area contributed by atoms with E-state index in [0.717, 1.165) is 37.6 Å². The highest BCUT2D eigenvalue weighted by Gasteiger charge is 2.26. The number of rotatable bonds is 6. The molecule has 2 aliphatic heterocycles. The van der Waals surface area contributed by atoms with Crippen LogP contribution in [0.4, 0.5) is 5.69 Å². The van der Waals surface area contributed by atoms with E-state index in [0.29, 0.717) is 31.8 Å². The summed E-state index contributed by atoms with van der Waals surface area (Å²) in [6, 6.07) is 8.16.